The van der Waals surface area contributed by atoms with Crippen LogP contribution >= 0.6 is 11.3 Å². The molecular formula is C22H28N6S. The molecule has 2 aromatic heterocycles. The number of aliphatic imine (C=N–C) groups is 1. The second-order valence-electron chi connectivity index (χ2n) is 7.24. The van der Waals surface area contributed by atoms with Crippen molar-refractivity contribution in [3.05, 3.63) is 71.6 Å². The molecule has 1 aliphatic rings. The molecule has 3 heterocycles. The highest BCUT2D eigenvalue weighted by molar-refractivity contribution is 7.14. The van der Waals surface area contributed by atoms with E-state index in [1.165, 1.54) is 10.6 Å². The van der Waals surface area contributed by atoms with Crippen molar-refractivity contribution < 1.29 is 0 Å². The van der Waals surface area contributed by atoms with Crippen LogP contribution in [0, 0.1) is 0 Å². The van der Waals surface area contributed by atoms with Crippen molar-refractivity contribution in [2.75, 3.05) is 25.0 Å². The number of nitrogens with zero attached hydrogens (tertiary/aromatic N) is 4. The molecule has 1 aliphatic heterocycles. The molecule has 0 unspecified atom stereocenters. The molecule has 3 aromatic rings. The molecule has 0 radical (unpaired) electrons. The molecule has 152 valence electrons. The van der Waals surface area contributed by atoms with Crippen LogP contribution in [0.1, 0.15) is 24.2 Å². The van der Waals surface area contributed by atoms with Gasteiger partial charge in [-0.2, -0.15) is 0 Å². The van der Waals surface area contributed by atoms with Crippen LogP contribution in [0.4, 0.5) is 5.00 Å². The Balaban J connectivity index is 1.27. The van der Waals surface area contributed by atoms with Crippen molar-refractivity contribution >= 4 is 22.3 Å². The fraction of sp³-hybridized carbons (Fsp3) is 0.364. The van der Waals surface area contributed by atoms with Gasteiger partial charge in [-0.25, -0.2) is 4.98 Å². The van der Waals surface area contributed by atoms with E-state index in [2.05, 4.69) is 71.9 Å². The molecule has 1 aromatic carbocycles. The summed E-state index contributed by atoms with van der Waals surface area (Å²) >= 11 is 1.82. The molecule has 4 rings (SSSR count). The number of hydrogen-bond donors (Lipinski definition) is 2. The Morgan fingerprint density at radius 1 is 1.17 bits per heavy atom. The minimum absolute atomic E-state index is 0.446. The minimum atomic E-state index is 0.446. The normalized spacial score (nSPS) is 15.5. The molecule has 1 saturated heterocycles. The van der Waals surface area contributed by atoms with Crippen LogP contribution in [0.2, 0.25) is 0 Å². The van der Waals surface area contributed by atoms with Gasteiger partial charge >= 0.3 is 0 Å². The molecule has 0 atom stereocenters. The fourth-order valence-electron chi connectivity index (χ4n) is 3.68. The highest BCUT2D eigenvalue weighted by Crippen LogP contribution is 2.24. The van der Waals surface area contributed by atoms with E-state index in [9.17, 15) is 0 Å². The zero-order valence-electron chi connectivity index (χ0n) is 16.8. The lowest BCUT2D eigenvalue weighted by molar-refractivity contribution is 0.462. The number of rotatable bonds is 6. The average molecular weight is 409 g/mol. The Morgan fingerprint density at radius 2 is 2.00 bits per heavy atom. The highest BCUT2D eigenvalue weighted by atomic mass is 32.1. The number of benzene rings is 1. The van der Waals surface area contributed by atoms with Gasteiger partial charge in [-0.3, -0.25) is 4.99 Å². The van der Waals surface area contributed by atoms with Crippen molar-refractivity contribution in [3.8, 4) is 0 Å². The molecule has 0 saturated carbocycles. The molecule has 1 fully saturated rings. The third-order valence-electron chi connectivity index (χ3n) is 5.29. The lowest BCUT2D eigenvalue weighted by Crippen LogP contribution is -2.48. The molecule has 0 amide bonds. The average Bonchev–Trinajstić information content (AvgIpc) is 3.45. The Kier molecular flexibility index (Phi) is 6.46. The summed E-state index contributed by atoms with van der Waals surface area (Å²) in [6, 6.07) is 15.2. The number of thiophene rings is 1. The molecule has 0 spiro atoms. The number of piperidine rings is 1. The standard InChI is InChI=1S/C22H28N6S/c1-23-22(26-19-9-12-27(13-10-19)21-8-5-15-29-21)25-16-20-24-11-14-28(20)17-18-6-3-2-4-7-18/h2-8,11,14-15,19H,9-10,12-13,16-17H2,1H3,(H2,23,25,26). The number of guanidine groups is 1. The van der Waals surface area contributed by atoms with Gasteiger partial charge in [-0.05, 0) is 35.9 Å². The topological polar surface area (TPSA) is 57.5 Å². The lowest BCUT2D eigenvalue weighted by Gasteiger charge is -2.33. The highest BCUT2D eigenvalue weighted by Gasteiger charge is 2.20. The van der Waals surface area contributed by atoms with Gasteiger partial charge in [0.25, 0.3) is 0 Å². The van der Waals surface area contributed by atoms with E-state index in [0.29, 0.717) is 12.6 Å². The zero-order valence-corrected chi connectivity index (χ0v) is 17.6. The largest absolute Gasteiger partial charge is 0.363 e. The second-order valence-corrected chi connectivity index (χ2v) is 8.17. The van der Waals surface area contributed by atoms with Crippen LogP contribution in [-0.2, 0) is 13.1 Å². The predicted molar refractivity (Wildman–Crippen MR) is 121 cm³/mol. The van der Waals surface area contributed by atoms with Gasteiger partial charge in [-0.1, -0.05) is 30.3 Å². The SMILES string of the molecule is CN=C(NCc1nccn1Cc1ccccc1)NC1CCN(c2cccs2)CC1. The van der Waals surface area contributed by atoms with Gasteiger partial charge in [0.1, 0.15) is 5.82 Å². The quantitative estimate of drug-likeness (QED) is 0.485. The molecular weight excluding hydrogens is 380 g/mol. The van der Waals surface area contributed by atoms with Gasteiger partial charge < -0.3 is 20.1 Å². The van der Waals surface area contributed by atoms with Gasteiger partial charge in [0.05, 0.1) is 11.5 Å². The van der Waals surface area contributed by atoms with Crippen molar-refractivity contribution in [2.24, 2.45) is 4.99 Å². The van der Waals surface area contributed by atoms with E-state index in [4.69, 9.17) is 0 Å². The summed E-state index contributed by atoms with van der Waals surface area (Å²) in [5.41, 5.74) is 1.27. The van der Waals surface area contributed by atoms with Crippen molar-refractivity contribution in [3.63, 3.8) is 0 Å². The van der Waals surface area contributed by atoms with Crippen molar-refractivity contribution in [1.29, 1.82) is 0 Å². The minimum Gasteiger partial charge on any atom is -0.363 e. The smallest absolute Gasteiger partial charge is 0.191 e. The van der Waals surface area contributed by atoms with Crippen molar-refractivity contribution in [2.45, 2.75) is 32.0 Å². The van der Waals surface area contributed by atoms with Crippen LogP contribution in [0.25, 0.3) is 0 Å². The maximum atomic E-state index is 4.52. The molecule has 0 bridgehead atoms. The number of imidazole rings is 1. The van der Waals surface area contributed by atoms with E-state index >= 15 is 0 Å². The van der Waals surface area contributed by atoms with Crippen LogP contribution in [-0.4, -0.2) is 41.7 Å². The number of aromatic nitrogens is 2. The summed E-state index contributed by atoms with van der Waals surface area (Å²) in [4.78, 5) is 11.4. The van der Waals surface area contributed by atoms with Gasteiger partial charge in [0, 0.05) is 45.1 Å². The maximum absolute atomic E-state index is 4.52. The Labute approximate surface area is 176 Å². The van der Waals surface area contributed by atoms with Crippen LogP contribution in [0.15, 0.2) is 65.2 Å². The van der Waals surface area contributed by atoms with E-state index in [1.54, 1.807) is 0 Å². The molecule has 6 nitrogen and oxygen atoms in total. The molecule has 2 N–H and O–H groups in total. The zero-order chi connectivity index (χ0) is 19.9. The number of anilines is 1. The summed E-state index contributed by atoms with van der Waals surface area (Å²) < 4.78 is 2.18. The maximum Gasteiger partial charge on any atom is 0.191 e. The fourth-order valence-corrected chi connectivity index (χ4v) is 4.46. The third kappa shape index (κ3) is 5.17. The van der Waals surface area contributed by atoms with E-state index in [1.807, 2.05) is 36.8 Å². The first kappa shape index (κ1) is 19.5. The first-order chi connectivity index (χ1) is 14.3. The van der Waals surface area contributed by atoms with Gasteiger partial charge in [0.2, 0.25) is 0 Å². The first-order valence-corrected chi connectivity index (χ1v) is 11.0. The van der Waals surface area contributed by atoms with Gasteiger partial charge in [0.15, 0.2) is 5.96 Å². The van der Waals surface area contributed by atoms with Gasteiger partial charge in [-0.15, -0.1) is 11.3 Å². The van der Waals surface area contributed by atoms with Crippen molar-refractivity contribution in [1.82, 2.24) is 20.2 Å². The van der Waals surface area contributed by atoms with Crippen LogP contribution in [0.3, 0.4) is 0 Å². The monoisotopic (exact) mass is 408 g/mol. The summed E-state index contributed by atoms with van der Waals surface area (Å²) in [6.07, 6.45) is 6.11. The van der Waals surface area contributed by atoms with E-state index < -0.39 is 0 Å². The second kappa shape index (κ2) is 9.60. The summed E-state index contributed by atoms with van der Waals surface area (Å²) in [7, 11) is 1.83. The summed E-state index contributed by atoms with van der Waals surface area (Å²) in [6.45, 7) is 3.63. The first-order valence-electron chi connectivity index (χ1n) is 10.1. The molecule has 0 aliphatic carbocycles. The molecule has 7 heteroatoms. The Morgan fingerprint density at radius 3 is 2.72 bits per heavy atom. The van der Waals surface area contributed by atoms with E-state index in [0.717, 1.165) is 44.3 Å². The molecule has 29 heavy (non-hydrogen) atoms. The third-order valence-corrected chi connectivity index (χ3v) is 6.22. The summed E-state index contributed by atoms with van der Waals surface area (Å²) in [5, 5.41) is 10.5. The summed E-state index contributed by atoms with van der Waals surface area (Å²) in [5.74, 6) is 1.85. The Bertz CT molecular complexity index is 895. The van der Waals surface area contributed by atoms with Crippen LogP contribution in [0.5, 0.6) is 0 Å². The Hall–Kier alpha value is -2.80. The number of hydrogen-bond acceptors (Lipinski definition) is 4. The number of nitrogens with one attached hydrogen (secondary N) is 2. The van der Waals surface area contributed by atoms with E-state index in [-0.39, 0.29) is 0 Å². The lowest BCUT2D eigenvalue weighted by atomic mass is 10.1. The predicted octanol–water partition coefficient (Wildman–Crippen LogP) is 3.33. The van der Waals surface area contributed by atoms with Crippen LogP contribution < -0.4 is 15.5 Å².